The van der Waals surface area contributed by atoms with Crippen molar-refractivity contribution in [3.63, 3.8) is 0 Å². The topological polar surface area (TPSA) is 41.5 Å². The van der Waals surface area contributed by atoms with Crippen molar-refractivity contribution in [1.82, 2.24) is 5.32 Å². The molecule has 0 bridgehead atoms. The summed E-state index contributed by atoms with van der Waals surface area (Å²) < 4.78 is 5.38. The van der Waals surface area contributed by atoms with E-state index in [1.165, 1.54) is 12.8 Å². The summed E-state index contributed by atoms with van der Waals surface area (Å²) >= 11 is 6.28. The van der Waals surface area contributed by atoms with Crippen LogP contribution < -0.4 is 10.1 Å². The molecule has 94 valence electrons. The Morgan fingerprint density at radius 1 is 1.53 bits per heavy atom. The summed E-state index contributed by atoms with van der Waals surface area (Å²) in [4.78, 5) is 0. The van der Waals surface area contributed by atoms with Crippen molar-refractivity contribution >= 4 is 11.6 Å². The maximum absolute atomic E-state index is 9.93. The van der Waals surface area contributed by atoms with Gasteiger partial charge in [-0.2, -0.15) is 0 Å². The first-order valence-corrected chi connectivity index (χ1v) is 6.25. The van der Waals surface area contributed by atoms with Crippen LogP contribution in [0.15, 0.2) is 12.1 Å². The van der Waals surface area contributed by atoms with Crippen molar-refractivity contribution in [2.45, 2.75) is 24.9 Å². The maximum Gasteiger partial charge on any atom is 0.124 e. The predicted octanol–water partition coefficient (Wildman–Crippen LogP) is 2.48. The zero-order valence-corrected chi connectivity index (χ0v) is 10.9. The average molecular weight is 256 g/mol. The molecule has 1 saturated carbocycles. The molecular formula is C13H18ClNO2. The van der Waals surface area contributed by atoms with Crippen molar-refractivity contribution in [3.8, 4) is 5.75 Å². The van der Waals surface area contributed by atoms with Crippen LogP contribution in [0.5, 0.6) is 5.75 Å². The number of hydrogen-bond acceptors (Lipinski definition) is 3. The van der Waals surface area contributed by atoms with Gasteiger partial charge in [-0.3, -0.25) is 0 Å². The molecule has 4 heteroatoms. The fourth-order valence-corrected chi connectivity index (χ4v) is 2.43. The minimum Gasteiger partial charge on any atom is -0.496 e. The van der Waals surface area contributed by atoms with Gasteiger partial charge in [0.2, 0.25) is 0 Å². The molecule has 0 radical (unpaired) electrons. The molecule has 1 aliphatic carbocycles. The quantitative estimate of drug-likeness (QED) is 0.849. The van der Waals surface area contributed by atoms with E-state index in [1.807, 2.05) is 12.1 Å². The Morgan fingerprint density at radius 2 is 2.24 bits per heavy atom. The number of benzene rings is 1. The molecule has 3 nitrogen and oxygen atoms in total. The molecule has 1 fully saturated rings. The number of hydrogen-bond donors (Lipinski definition) is 2. The highest BCUT2D eigenvalue weighted by atomic mass is 35.5. The van der Waals surface area contributed by atoms with Crippen molar-refractivity contribution in [2.75, 3.05) is 20.7 Å². The van der Waals surface area contributed by atoms with E-state index in [0.717, 1.165) is 16.9 Å². The largest absolute Gasteiger partial charge is 0.496 e. The van der Waals surface area contributed by atoms with E-state index < -0.39 is 6.10 Å². The summed E-state index contributed by atoms with van der Waals surface area (Å²) in [6.45, 7) is 0.502. The van der Waals surface area contributed by atoms with Gasteiger partial charge in [-0.05, 0) is 43.5 Å². The van der Waals surface area contributed by atoms with Crippen LogP contribution in [0.4, 0.5) is 0 Å². The lowest BCUT2D eigenvalue weighted by Crippen LogP contribution is -2.16. The lowest BCUT2D eigenvalue weighted by molar-refractivity contribution is 0.177. The Labute approximate surface area is 107 Å². The standard InChI is InChI=1S/C13H18ClNO2/c1-15-7-11(16)9-5-10(14)13(8-3-4-8)12(6-9)17-2/h5-6,8,11,15-16H,3-4,7H2,1-2H3. The van der Waals surface area contributed by atoms with Crippen molar-refractivity contribution in [2.24, 2.45) is 0 Å². The summed E-state index contributed by atoms with van der Waals surface area (Å²) in [6.07, 6.45) is 1.79. The SMILES string of the molecule is CNCC(O)c1cc(Cl)c(C2CC2)c(OC)c1. The molecule has 0 amide bonds. The third-order valence-corrected chi connectivity index (χ3v) is 3.41. The molecule has 1 aromatic carbocycles. The van der Waals surface area contributed by atoms with Crippen molar-refractivity contribution in [3.05, 3.63) is 28.3 Å². The summed E-state index contributed by atoms with van der Waals surface area (Å²) in [5.41, 5.74) is 1.89. The number of halogens is 1. The van der Waals surface area contributed by atoms with Gasteiger partial charge in [0, 0.05) is 17.1 Å². The highest BCUT2D eigenvalue weighted by molar-refractivity contribution is 6.31. The Kier molecular flexibility index (Phi) is 3.92. The van der Waals surface area contributed by atoms with Gasteiger partial charge in [-0.1, -0.05) is 11.6 Å². The summed E-state index contributed by atoms with van der Waals surface area (Å²) in [5.74, 6) is 1.33. The van der Waals surface area contributed by atoms with Crippen LogP contribution in [0, 0.1) is 0 Å². The number of nitrogens with one attached hydrogen (secondary N) is 1. The third-order valence-electron chi connectivity index (χ3n) is 3.10. The van der Waals surface area contributed by atoms with Gasteiger partial charge in [-0.15, -0.1) is 0 Å². The second-order valence-electron chi connectivity index (χ2n) is 4.47. The second kappa shape index (κ2) is 5.25. The van der Waals surface area contributed by atoms with Gasteiger partial charge in [0.05, 0.1) is 13.2 Å². The maximum atomic E-state index is 9.93. The smallest absolute Gasteiger partial charge is 0.124 e. The molecule has 1 atom stereocenters. The average Bonchev–Trinajstić information content (AvgIpc) is 3.12. The lowest BCUT2D eigenvalue weighted by atomic mass is 10.0. The van der Waals surface area contributed by atoms with Crippen LogP contribution >= 0.6 is 11.6 Å². The number of aliphatic hydroxyl groups is 1. The number of likely N-dealkylation sites (N-methyl/N-ethyl adjacent to an activating group) is 1. The van der Waals surface area contributed by atoms with Gasteiger partial charge >= 0.3 is 0 Å². The molecule has 1 aromatic rings. The molecule has 0 saturated heterocycles. The monoisotopic (exact) mass is 255 g/mol. The molecule has 0 spiro atoms. The minimum absolute atomic E-state index is 0.502. The minimum atomic E-state index is -0.556. The molecule has 1 aliphatic rings. The number of aliphatic hydroxyl groups excluding tert-OH is 1. The molecule has 2 N–H and O–H groups in total. The van der Waals surface area contributed by atoms with Gasteiger partial charge in [0.15, 0.2) is 0 Å². The van der Waals surface area contributed by atoms with Crippen molar-refractivity contribution in [1.29, 1.82) is 0 Å². The van der Waals surface area contributed by atoms with E-state index in [0.29, 0.717) is 17.5 Å². The Bertz CT molecular complexity index is 405. The first kappa shape index (κ1) is 12.7. The van der Waals surface area contributed by atoms with Gasteiger partial charge in [0.1, 0.15) is 5.75 Å². The van der Waals surface area contributed by atoms with E-state index in [9.17, 15) is 5.11 Å². The highest BCUT2D eigenvalue weighted by Gasteiger charge is 2.29. The van der Waals surface area contributed by atoms with E-state index in [-0.39, 0.29) is 0 Å². The predicted molar refractivity (Wildman–Crippen MR) is 68.9 cm³/mol. The molecule has 0 heterocycles. The summed E-state index contributed by atoms with van der Waals surface area (Å²) in [6, 6.07) is 3.74. The molecule has 0 aromatic heterocycles. The second-order valence-corrected chi connectivity index (χ2v) is 4.87. The molecule has 1 unspecified atom stereocenters. The van der Waals surface area contributed by atoms with Gasteiger partial charge in [-0.25, -0.2) is 0 Å². The zero-order valence-electron chi connectivity index (χ0n) is 10.2. The molecule has 17 heavy (non-hydrogen) atoms. The van der Waals surface area contributed by atoms with E-state index in [2.05, 4.69) is 5.32 Å². The first-order chi connectivity index (χ1) is 8.17. The van der Waals surface area contributed by atoms with E-state index in [1.54, 1.807) is 14.2 Å². The zero-order chi connectivity index (χ0) is 12.4. The van der Waals surface area contributed by atoms with Crippen LogP contribution in [0.3, 0.4) is 0 Å². The Hall–Kier alpha value is -0.770. The molecular weight excluding hydrogens is 238 g/mol. The normalized spacial score (nSPS) is 16.9. The molecule has 0 aliphatic heterocycles. The van der Waals surface area contributed by atoms with Gasteiger partial charge < -0.3 is 15.2 Å². The van der Waals surface area contributed by atoms with Crippen LogP contribution in [0.25, 0.3) is 0 Å². The Balaban J connectivity index is 2.33. The highest BCUT2D eigenvalue weighted by Crippen LogP contribution is 2.48. The number of rotatable bonds is 5. The van der Waals surface area contributed by atoms with Crippen LogP contribution in [0.2, 0.25) is 5.02 Å². The first-order valence-electron chi connectivity index (χ1n) is 5.87. The number of methoxy groups -OCH3 is 1. The third kappa shape index (κ3) is 2.73. The van der Waals surface area contributed by atoms with Crippen LogP contribution in [0.1, 0.15) is 36.0 Å². The molecule has 2 rings (SSSR count). The fourth-order valence-electron chi connectivity index (χ4n) is 2.05. The van der Waals surface area contributed by atoms with Gasteiger partial charge in [0.25, 0.3) is 0 Å². The number of ether oxygens (including phenoxy) is 1. The van der Waals surface area contributed by atoms with E-state index in [4.69, 9.17) is 16.3 Å². The van der Waals surface area contributed by atoms with Crippen molar-refractivity contribution < 1.29 is 9.84 Å². The van der Waals surface area contributed by atoms with E-state index >= 15 is 0 Å². The van der Waals surface area contributed by atoms with Crippen LogP contribution in [-0.2, 0) is 0 Å². The summed E-state index contributed by atoms with van der Waals surface area (Å²) in [5, 5.41) is 13.6. The fraction of sp³-hybridized carbons (Fsp3) is 0.538. The Morgan fingerprint density at radius 3 is 2.76 bits per heavy atom. The summed E-state index contributed by atoms with van der Waals surface area (Å²) in [7, 11) is 3.45. The lowest BCUT2D eigenvalue weighted by Gasteiger charge is -2.16. The van der Waals surface area contributed by atoms with Crippen LogP contribution in [-0.4, -0.2) is 25.8 Å².